The molecule has 0 bridgehead atoms. The molecule has 0 amide bonds. The van der Waals surface area contributed by atoms with Crippen molar-refractivity contribution in [2.45, 2.75) is 43.4 Å². The molecule has 0 aliphatic carbocycles. The number of benzene rings is 1. The summed E-state index contributed by atoms with van der Waals surface area (Å²) < 4.78 is 31.5. The van der Waals surface area contributed by atoms with Gasteiger partial charge in [0.05, 0.1) is 39.1 Å². The first-order chi connectivity index (χ1) is 19.2. The van der Waals surface area contributed by atoms with Gasteiger partial charge in [-0.25, -0.2) is 9.59 Å². The van der Waals surface area contributed by atoms with Crippen LogP contribution in [-0.4, -0.2) is 103 Å². The second kappa shape index (κ2) is 14.7. The van der Waals surface area contributed by atoms with Gasteiger partial charge in [-0.15, -0.1) is 0 Å². The van der Waals surface area contributed by atoms with Gasteiger partial charge in [0.25, 0.3) is 0 Å². The Bertz CT molecular complexity index is 1110. The minimum Gasteiger partial charge on any atom is -0.469 e. The molecule has 218 valence electrons. The fourth-order valence-corrected chi connectivity index (χ4v) is 4.07. The number of carbonyl (C=O) groups excluding carboxylic acids is 3. The number of esters is 3. The van der Waals surface area contributed by atoms with Crippen molar-refractivity contribution in [2.24, 2.45) is 5.92 Å². The predicted octanol–water partition coefficient (Wildman–Crippen LogP) is -0.422. The van der Waals surface area contributed by atoms with E-state index in [-0.39, 0.29) is 24.2 Å². The second-order valence-corrected chi connectivity index (χ2v) is 8.78. The van der Waals surface area contributed by atoms with Gasteiger partial charge < -0.3 is 48.8 Å². The topological polar surface area (TPSA) is 188 Å². The molecule has 4 N–H and O–H groups in total. The molecule has 1 aromatic carbocycles. The van der Waals surface area contributed by atoms with E-state index in [2.05, 4.69) is 0 Å². The molecule has 13 heteroatoms. The molecular weight excluding hydrogens is 532 g/mol. The number of methoxy groups -OCH3 is 2. The van der Waals surface area contributed by atoms with Crippen molar-refractivity contribution in [3.8, 4) is 0 Å². The van der Waals surface area contributed by atoms with E-state index >= 15 is 0 Å². The lowest BCUT2D eigenvalue weighted by Crippen LogP contribution is -2.60. The summed E-state index contributed by atoms with van der Waals surface area (Å²) in [7, 11) is 2.30. The van der Waals surface area contributed by atoms with Gasteiger partial charge in [-0.2, -0.15) is 0 Å². The Morgan fingerprint density at radius 1 is 1.00 bits per heavy atom. The summed E-state index contributed by atoms with van der Waals surface area (Å²) in [5.41, 5.74) is 0.825. The molecule has 0 radical (unpaired) electrons. The number of hydrogen-bond donors (Lipinski definition) is 4. The molecule has 7 atom stereocenters. The lowest BCUT2D eigenvalue weighted by Gasteiger charge is -2.41. The van der Waals surface area contributed by atoms with Gasteiger partial charge >= 0.3 is 17.9 Å². The summed E-state index contributed by atoms with van der Waals surface area (Å²) in [6.07, 6.45) is -4.61. The maximum Gasteiger partial charge on any atom is 0.337 e. The number of aliphatic hydroxyl groups excluding tert-OH is 4. The van der Waals surface area contributed by atoms with E-state index in [1.54, 1.807) is 18.2 Å². The molecule has 2 heterocycles. The van der Waals surface area contributed by atoms with Gasteiger partial charge in [0.1, 0.15) is 31.0 Å². The van der Waals surface area contributed by atoms with Gasteiger partial charge in [0, 0.05) is 17.6 Å². The third-order valence-corrected chi connectivity index (χ3v) is 6.25. The van der Waals surface area contributed by atoms with Crippen LogP contribution in [0.2, 0.25) is 0 Å². The van der Waals surface area contributed by atoms with Crippen molar-refractivity contribution >= 4 is 24.0 Å². The van der Waals surface area contributed by atoms with Crippen LogP contribution in [0.4, 0.5) is 0 Å². The van der Waals surface area contributed by atoms with Crippen LogP contribution in [0.15, 0.2) is 59.9 Å². The van der Waals surface area contributed by atoms with Gasteiger partial charge in [0.2, 0.25) is 6.29 Å². The molecule has 2 aliphatic rings. The van der Waals surface area contributed by atoms with Gasteiger partial charge in [-0.1, -0.05) is 30.3 Å². The number of aliphatic hydroxyl groups is 4. The average Bonchev–Trinajstić information content (AvgIpc) is 2.97. The van der Waals surface area contributed by atoms with Crippen LogP contribution in [-0.2, 0) is 42.8 Å². The standard InChI is InChI=1S/C27H32O13/c1-35-21(30)12-17-16(10-11-37-20(29)9-8-15-6-4-3-5-7-15)26(38-14-18(17)25(34)36-2)40-27-24(33)23(32)22(31)19(13-28)39-27/h3-10,14,17,19,22-24,26-28,31-33H,11-13H2,1-2H3/b9-8+,16-10?/t17-,19+,22+,23-,24+,26-,27-/m0/s1. The van der Waals surface area contributed by atoms with Crippen molar-refractivity contribution in [2.75, 3.05) is 27.4 Å². The Balaban J connectivity index is 1.87. The molecule has 0 spiro atoms. The largest absolute Gasteiger partial charge is 0.469 e. The van der Waals surface area contributed by atoms with Crippen molar-refractivity contribution < 1.29 is 63.2 Å². The summed E-state index contributed by atoms with van der Waals surface area (Å²) in [5, 5.41) is 40.1. The Morgan fingerprint density at radius 3 is 2.38 bits per heavy atom. The highest BCUT2D eigenvalue weighted by Crippen LogP contribution is 2.36. The summed E-state index contributed by atoms with van der Waals surface area (Å²) in [4.78, 5) is 37.0. The molecule has 3 rings (SSSR count). The Kier molecular flexibility index (Phi) is 11.4. The van der Waals surface area contributed by atoms with Crippen LogP contribution in [0.3, 0.4) is 0 Å². The summed E-state index contributed by atoms with van der Waals surface area (Å²) >= 11 is 0. The lowest BCUT2D eigenvalue weighted by atomic mass is 9.86. The highest BCUT2D eigenvalue weighted by atomic mass is 16.8. The average molecular weight is 565 g/mol. The first-order valence-corrected chi connectivity index (χ1v) is 12.3. The normalized spacial score (nSPS) is 29.4. The van der Waals surface area contributed by atoms with Gasteiger partial charge in [0.15, 0.2) is 6.29 Å². The van der Waals surface area contributed by atoms with Crippen LogP contribution in [0.25, 0.3) is 6.08 Å². The number of rotatable bonds is 10. The quantitative estimate of drug-likeness (QED) is 0.124. The molecule has 1 saturated heterocycles. The van der Waals surface area contributed by atoms with E-state index in [9.17, 15) is 34.8 Å². The van der Waals surface area contributed by atoms with E-state index in [1.165, 1.54) is 12.2 Å². The Hall–Kier alpha value is -3.59. The lowest BCUT2D eigenvalue weighted by molar-refractivity contribution is -0.327. The van der Waals surface area contributed by atoms with Crippen LogP contribution >= 0.6 is 0 Å². The molecule has 40 heavy (non-hydrogen) atoms. The van der Waals surface area contributed by atoms with Crippen molar-refractivity contribution in [1.29, 1.82) is 0 Å². The van der Waals surface area contributed by atoms with Crippen LogP contribution < -0.4 is 0 Å². The zero-order valence-corrected chi connectivity index (χ0v) is 21.8. The van der Waals surface area contributed by atoms with E-state index in [1.807, 2.05) is 18.2 Å². The maximum atomic E-state index is 12.5. The van der Waals surface area contributed by atoms with Crippen molar-refractivity contribution in [3.63, 3.8) is 0 Å². The molecule has 0 saturated carbocycles. The summed E-state index contributed by atoms with van der Waals surface area (Å²) in [5.74, 6) is -3.21. The second-order valence-electron chi connectivity index (χ2n) is 8.78. The fourth-order valence-electron chi connectivity index (χ4n) is 4.07. The zero-order valence-electron chi connectivity index (χ0n) is 21.8. The van der Waals surface area contributed by atoms with Gasteiger partial charge in [-0.05, 0) is 17.7 Å². The molecule has 0 unspecified atom stereocenters. The maximum absolute atomic E-state index is 12.5. The number of hydrogen-bond acceptors (Lipinski definition) is 13. The smallest absolute Gasteiger partial charge is 0.337 e. The monoisotopic (exact) mass is 564 g/mol. The van der Waals surface area contributed by atoms with E-state index < -0.39 is 67.4 Å². The highest BCUT2D eigenvalue weighted by Gasteiger charge is 2.47. The van der Waals surface area contributed by atoms with E-state index in [0.29, 0.717) is 0 Å². The molecule has 1 fully saturated rings. The zero-order chi connectivity index (χ0) is 29.2. The SMILES string of the molecule is COC(=O)C[C@@H]1C(C(=O)OC)=CO[C@@H](O[C@@H]2O[C@H](CO)[C@@H](O)[C@H](O)[C@H]2O)C1=CCOC(=O)/C=C/c1ccccc1. The molecule has 0 aromatic heterocycles. The van der Waals surface area contributed by atoms with Crippen molar-refractivity contribution in [3.05, 3.63) is 65.5 Å². The minimum atomic E-state index is -1.76. The van der Waals surface area contributed by atoms with Crippen molar-refractivity contribution in [1.82, 2.24) is 0 Å². The third-order valence-electron chi connectivity index (χ3n) is 6.25. The molecule has 13 nitrogen and oxygen atoms in total. The molecular formula is C27H32O13. The Labute approximate surface area is 229 Å². The Morgan fingerprint density at radius 2 is 1.73 bits per heavy atom. The highest BCUT2D eigenvalue weighted by molar-refractivity contribution is 5.91. The first kappa shape index (κ1) is 30.9. The first-order valence-electron chi connectivity index (χ1n) is 12.3. The van der Waals surface area contributed by atoms with Crippen LogP contribution in [0.5, 0.6) is 0 Å². The minimum absolute atomic E-state index is 0.0666. The number of ether oxygens (including phenoxy) is 6. The molecule has 2 aliphatic heterocycles. The fraction of sp³-hybridized carbons (Fsp3) is 0.444. The summed E-state index contributed by atoms with van der Waals surface area (Å²) in [6, 6.07) is 9.04. The van der Waals surface area contributed by atoms with Gasteiger partial charge in [-0.3, -0.25) is 4.79 Å². The van der Waals surface area contributed by atoms with E-state index in [4.69, 9.17) is 28.4 Å². The predicted molar refractivity (Wildman–Crippen MR) is 134 cm³/mol. The number of carbonyl (C=O) groups is 3. The van der Waals surface area contributed by atoms with Crippen LogP contribution in [0.1, 0.15) is 12.0 Å². The molecule has 1 aromatic rings. The van der Waals surface area contributed by atoms with E-state index in [0.717, 1.165) is 26.0 Å². The third kappa shape index (κ3) is 7.75. The summed E-state index contributed by atoms with van der Waals surface area (Å²) in [6.45, 7) is -1.03. The van der Waals surface area contributed by atoms with Crippen LogP contribution in [0, 0.1) is 5.92 Å².